The predicted octanol–water partition coefficient (Wildman–Crippen LogP) is 35.0. The Morgan fingerprint density at radius 1 is 0.152 bits per heavy atom. The zero-order valence-corrected chi connectivity index (χ0v) is 87.2. The van der Waals surface area contributed by atoms with Crippen LogP contribution in [-0.2, 0) is 32.1 Å². The first-order chi connectivity index (χ1) is 64.9. The lowest BCUT2D eigenvalue weighted by Crippen LogP contribution is -2.21. The van der Waals surface area contributed by atoms with Gasteiger partial charge in [0.05, 0.1) is 0 Å². The molecule has 0 spiro atoms. The van der Waals surface area contributed by atoms with Crippen molar-refractivity contribution in [3.8, 4) is 55.6 Å². The minimum Gasteiger partial charge on any atom is -0.304 e. The van der Waals surface area contributed by atoms with Crippen molar-refractivity contribution in [3.63, 3.8) is 0 Å². The van der Waals surface area contributed by atoms with E-state index in [9.17, 15) is 0 Å². The molecule has 0 aliphatic heterocycles. The summed E-state index contributed by atoms with van der Waals surface area (Å²) in [6.07, 6.45) is 5.40. The number of benzene rings is 15. The average Bonchev–Trinajstić information content (AvgIpc) is 1.63. The van der Waals surface area contributed by atoms with Gasteiger partial charge in [0.25, 0.3) is 0 Å². The summed E-state index contributed by atoms with van der Waals surface area (Å²) in [6, 6.07) is 110. The number of hydrogen-bond acceptors (Lipinski definition) is 5. The van der Waals surface area contributed by atoms with Crippen LogP contribution in [-0.4, -0.2) is 123 Å². The minimum absolute atomic E-state index is 1.08. The average molecular weight is 1770 g/mol. The van der Waals surface area contributed by atoms with Crippen molar-refractivity contribution < 1.29 is 0 Å². The van der Waals surface area contributed by atoms with Gasteiger partial charge in [-0.1, -0.05) is 478 Å². The summed E-state index contributed by atoms with van der Waals surface area (Å²) in [5, 5.41) is 13.6. The summed E-state index contributed by atoms with van der Waals surface area (Å²) in [6.45, 7) is 74.6. The highest BCUT2D eigenvalue weighted by molar-refractivity contribution is 6.03. The van der Waals surface area contributed by atoms with E-state index >= 15 is 0 Å². The Morgan fingerprint density at radius 3 is 0.644 bits per heavy atom. The molecule has 5 aliphatic rings. The maximum absolute atomic E-state index is 2.38. The molecule has 20 rings (SSSR count). The Bertz CT molecular complexity index is 5320. The van der Waals surface area contributed by atoms with E-state index in [4.69, 9.17) is 0 Å². The van der Waals surface area contributed by atoms with Gasteiger partial charge in [0, 0.05) is 0 Å². The molecule has 0 amide bonds. The lowest BCUT2D eigenvalue weighted by molar-refractivity contribution is 0.321. The molecule has 15 aromatic rings. The second kappa shape index (κ2) is 63.5. The first-order valence-electron chi connectivity index (χ1n) is 51.5. The molecule has 0 heterocycles. The second-order valence-corrected chi connectivity index (χ2v) is 31.4. The van der Waals surface area contributed by atoms with Crippen molar-refractivity contribution in [1.82, 2.24) is 24.5 Å². The van der Waals surface area contributed by atoms with Crippen LogP contribution in [0.4, 0.5) is 0 Å². The fraction of sp³-hybridized carbons (Fsp3) is 0.370. The molecule has 15 aromatic carbocycles. The van der Waals surface area contributed by atoms with Crippen molar-refractivity contribution in [3.05, 3.63) is 359 Å². The predicted molar refractivity (Wildman–Crippen MR) is 596 cm³/mol. The summed E-state index contributed by atoms with van der Waals surface area (Å²) in [5.74, 6) is 0. The molecule has 0 atom stereocenters. The van der Waals surface area contributed by atoms with Crippen molar-refractivity contribution in [1.29, 1.82) is 0 Å². The summed E-state index contributed by atoms with van der Waals surface area (Å²) in [5.41, 5.74) is 28.8. The fourth-order valence-electron chi connectivity index (χ4n) is 17.7. The van der Waals surface area contributed by atoms with E-state index in [-0.39, 0.29) is 0 Å². The molecule has 0 fully saturated rings. The first kappa shape index (κ1) is 112. The molecule has 0 saturated carbocycles. The minimum atomic E-state index is 1.08. The van der Waals surface area contributed by atoms with Crippen LogP contribution in [0.15, 0.2) is 303 Å². The summed E-state index contributed by atoms with van der Waals surface area (Å²) >= 11 is 0. The van der Waals surface area contributed by atoms with Crippen LogP contribution in [0.3, 0.4) is 0 Å². The number of fused-ring (bicyclic) bond motifs is 23. The highest BCUT2D eigenvalue weighted by atomic mass is 15.1. The number of nitrogens with zero attached hydrogens (tertiary/aromatic N) is 5. The van der Waals surface area contributed by atoms with Crippen molar-refractivity contribution in [2.45, 2.75) is 219 Å². The van der Waals surface area contributed by atoms with Gasteiger partial charge in [-0.2, -0.15) is 0 Å². The molecular formula is C127H171N5. The Kier molecular flexibility index (Phi) is 53.8. The number of rotatable bonds is 15. The molecule has 5 nitrogen and oxygen atoms in total. The molecule has 0 saturated heterocycles. The molecule has 704 valence electrons. The van der Waals surface area contributed by atoms with Gasteiger partial charge in [-0.05, 0) is 308 Å². The van der Waals surface area contributed by atoms with Crippen molar-refractivity contribution in [2.75, 3.05) is 98.2 Å². The lowest BCUT2D eigenvalue weighted by atomic mass is 9.98. The highest BCUT2D eigenvalue weighted by Gasteiger charge is 2.24. The molecular weight excluding hydrogens is 1600 g/mol. The van der Waals surface area contributed by atoms with Gasteiger partial charge in [0.1, 0.15) is 0 Å². The SMILES string of the molecule is CC.CC.CC.CC.CC.CC.CCN(CC)CC.CCN(CC)CC.CCN(CC)CC.CCN(CC)CC.CCN(CC)CC.c1ccc2c(c1)Cc1c-2ccc2ccccc12.c1ccc2c(c1)Cc1cc3ccccc3cc1-2.c1ccc2c(c1)Cc1cc3ccccc3cc1-2.c1ccc2c(c1)Cc1ccc3ccccc3c1-2.c1ccc2c(c1)Cc1ccc3ccccc3c1-2. The van der Waals surface area contributed by atoms with Crippen LogP contribution >= 0.6 is 0 Å². The van der Waals surface area contributed by atoms with Crippen LogP contribution in [0.1, 0.15) is 243 Å². The summed E-state index contributed by atoms with van der Waals surface area (Å²) in [4.78, 5) is 11.9. The van der Waals surface area contributed by atoms with E-state index in [1.54, 1.807) is 0 Å². The summed E-state index contributed by atoms with van der Waals surface area (Å²) < 4.78 is 0. The standard InChI is InChI=1S/5C17H12.5C6H15N.6C2H6/c2*1-3-7-15-12(5-1)9-10-14-11-13-6-2-4-8-16(13)17(14)15;1-3-7-14-12(5-1)9-10-16-15-8-4-2-6-13(15)11-17(14)16;2*1-2-6-13-11-17-15(9-12(13)5-1)10-14-7-3-4-8-16(14)17;5*1-4-7(5-2)6-3;6*1-2/h3*1-10H,11H2;2*1-9,11H,10H2;5*4-6H2,1-3H3;6*1-2H3. The monoisotopic (exact) mass is 1770 g/mol. The largest absolute Gasteiger partial charge is 0.304 e. The van der Waals surface area contributed by atoms with Gasteiger partial charge in [0.2, 0.25) is 0 Å². The number of hydrogen-bond donors (Lipinski definition) is 0. The van der Waals surface area contributed by atoms with Gasteiger partial charge >= 0.3 is 0 Å². The van der Waals surface area contributed by atoms with E-state index in [1.165, 1.54) is 263 Å². The highest BCUT2D eigenvalue weighted by Crippen LogP contribution is 2.45. The van der Waals surface area contributed by atoms with Crippen LogP contribution in [0.25, 0.3) is 109 Å². The summed E-state index contributed by atoms with van der Waals surface area (Å²) in [7, 11) is 0. The topological polar surface area (TPSA) is 16.2 Å². The molecule has 5 aliphatic carbocycles. The Hall–Kier alpha value is -10.6. The lowest BCUT2D eigenvalue weighted by Gasteiger charge is -2.13. The van der Waals surface area contributed by atoms with Gasteiger partial charge < -0.3 is 24.5 Å². The van der Waals surface area contributed by atoms with Crippen molar-refractivity contribution in [2.24, 2.45) is 0 Å². The first-order valence-corrected chi connectivity index (χ1v) is 51.5. The van der Waals surface area contributed by atoms with E-state index in [1.807, 2.05) is 83.1 Å². The zero-order valence-electron chi connectivity index (χ0n) is 87.2. The van der Waals surface area contributed by atoms with E-state index in [0.717, 1.165) is 32.1 Å². The van der Waals surface area contributed by atoms with Crippen LogP contribution < -0.4 is 0 Å². The third-order valence-electron chi connectivity index (χ3n) is 25.1. The molecule has 0 unspecified atom stereocenters. The molecule has 0 bridgehead atoms. The third kappa shape index (κ3) is 31.0. The smallest absolute Gasteiger partial charge is 0.000729 e. The van der Waals surface area contributed by atoms with E-state index in [0.29, 0.717) is 0 Å². The second-order valence-electron chi connectivity index (χ2n) is 31.4. The third-order valence-corrected chi connectivity index (χ3v) is 25.1. The normalized spacial score (nSPS) is 11.0. The van der Waals surface area contributed by atoms with E-state index in [2.05, 4.69) is 432 Å². The fourth-order valence-corrected chi connectivity index (χ4v) is 17.7. The van der Waals surface area contributed by atoms with Gasteiger partial charge in [-0.15, -0.1) is 0 Å². The van der Waals surface area contributed by atoms with Crippen LogP contribution in [0.2, 0.25) is 0 Å². The Balaban J connectivity index is 0.000000262. The van der Waals surface area contributed by atoms with E-state index < -0.39 is 0 Å². The maximum atomic E-state index is 2.38. The zero-order chi connectivity index (χ0) is 96.7. The maximum Gasteiger partial charge on any atom is -0.000729 e. The molecule has 0 aromatic heterocycles. The molecule has 0 N–H and O–H groups in total. The van der Waals surface area contributed by atoms with Gasteiger partial charge in [-0.25, -0.2) is 0 Å². The quantitative estimate of drug-likeness (QED) is 0.101. The Morgan fingerprint density at radius 2 is 0.356 bits per heavy atom. The van der Waals surface area contributed by atoms with Crippen molar-refractivity contribution >= 4 is 53.9 Å². The van der Waals surface area contributed by atoms with Gasteiger partial charge in [-0.3, -0.25) is 0 Å². The molecule has 132 heavy (non-hydrogen) atoms. The van der Waals surface area contributed by atoms with Crippen LogP contribution in [0, 0.1) is 0 Å². The van der Waals surface area contributed by atoms with Crippen LogP contribution in [0.5, 0.6) is 0 Å². The Labute approximate surface area is 804 Å². The van der Waals surface area contributed by atoms with Gasteiger partial charge in [0.15, 0.2) is 0 Å². The molecule has 5 heteroatoms. The molecule has 0 radical (unpaired) electrons.